The Bertz CT molecular complexity index is 1250. The topological polar surface area (TPSA) is 86.5 Å². The fourth-order valence-corrected chi connectivity index (χ4v) is 3.96. The summed E-state index contributed by atoms with van der Waals surface area (Å²) in [6, 6.07) is 15.7. The molecule has 0 radical (unpaired) electrons. The second-order valence-corrected chi connectivity index (χ2v) is 7.72. The van der Waals surface area contributed by atoms with Gasteiger partial charge in [-0.25, -0.2) is 9.37 Å². The van der Waals surface area contributed by atoms with Crippen LogP contribution in [0.25, 0.3) is 16.7 Å². The third-order valence-electron chi connectivity index (χ3n) is 4.88. The van der Waals surface area contributed by atoms with E-state index in [9.17, 15) is 14.4 Å². The second-order valence-electron chi connectivity index (χ2n) is 6.75. The second kappa shape index (κ2) is 8.05. The van der Waals surface area contributed by atoms with Crippen molar-refractivity contribution in [1.82, 2.24) is 14.5 Å². The number of nitriles is 1. The van der Waals surface area contributed by atoms with Crippen molar-refractivity contribution >= 4 is 34.5 Å². The molecule has 0 unspecified atom stereocenters. The molecule has 150 valence electrons. The zero-order valence-corrected chi connectivity index (χ0v) is 17.2. The number of anilines is 1. The lowest BCUT2D eigenvalue weighted by Crippen LogP contribution is -2.17. The molecule has 1 amide bonds. The SMILES string of the molecule is Cc1c(C#N)c(NC(=O)CSc2nc3ccccc3[nH]2)n(-c2ccc(F)cc2)c1C. The van der Waals surface area contributed by atoms with Gasteiger partial charge >= 0.3 is 0 Å². The zero-order chi connectivity index (χ0) is 21.3. The van der Waals surface area contributed by atoms with Crippen molar-refractivity contribution in [2.45, 2.75) is 19.0 Å². The molecule has 4 aromatic rings. The highest BCUT2D eigenvalue weighted by molar-refractivity contribution is 7.99. The van der Waals surface area contributed by atoms with E-state index < -0.39 is 0 Å². The van der Waals surface area contributed by atoms with Crippen molar-refractivity contribution in [3.8, 4) is 11.8 Å². The third kappa shape index (κ3) is 3.67. The molecular formula is C22H18FN5OS. The first kappa shape index (κ1) is 19.7. The molecule has 0 aliphatic carbocycles. The van der Waals surface area contributed by atoms with Crippen LogP contribution in [0.15, 0.2) is 53.7 Å². The van der Waals surface area contributed by atoms with Crippen LogP contribution in [0.3, 0.4) is 0 Å². The van der Waals surface area contributed by atoms with Gasteiger partial charge in [-0.15, -0.1) is 0 Å². The molecule has 0 aliphatic rings. The Morgan fingerprint density at radius 2 is 1.97 bits per heavy atom. The molecule has 4 rings (SSSR count). The van der Waals surface area contributed by atoms with Crippen molar-refractivity contribution < 1.29 is 9.18 Å². The zero-order valence-electron chi connectivity index (χ0n) is 16.4. The van der Waals surface area contributed by atoms with Crippen molar-refractivity contribution in [1.29, 1.82) is 5.26 Å². The number of nitrogens with zero attached hydrogens (tertiary/aromatic N) is 3. The predicted octanol–water partition coefficient (Wildman–Crippen LogP) is 4.71. The Hall–Kier alpha value is -3.57. The number of aromatic amines is 1. The number of hydrogen-bond donors (Lipinski definition) is 2. The van der Waals surface area contributed by atoms with Crippen LogP contribution in [-0.2, 0) is 4.79 Å². The van der Waals surface area contributed by atoms with Crippen molar-refractivity contribution in [2.75, 3.05) is 11.1 Å². The molecule has 0 spiro atoms. The van der Waals surface area contributed by atoms with Gasteiger partial charge in [-0.1, -0.05) is 23.9 Å². The number of imidazole rings is 1. The van der Waals surface area contributed by atoms with E-state index in [4.69, 9.17) is 0 Å². The molecule has 2 N–H and O–H groups in total. The minimum absolute atomic E-state index is 0.122. The van der Waals surface area contributed by atoms with E-state index in [1.54, 1.807) is 16.7 Å². The highest BCUT2D eigenvalue weighted by Gasteiger charge is 2.21. The molecule has 2 heterocycles. The lowest BCUT2D eigenvalue weighted by Gasteiger charge is -2.13. The summed E-state index contributed by atoms with van der Waals surface area (Å²) in [5, 5.41) is 13.1. The number of para-hydroxylation sites is 2. The molecule has 0 atom stereocenters. The molecule has 30 heavy (non-hydrogen) atoms. The molecule has 0 aliphatic heterocycles. The minimum atomic E-state index is -0.353. The van der Waals surface area contributed by atoms with E-state index in [0.717, 1.165) is 22.3 Å². The largest absolute Gasteiger partial charge is 0.333 e. The van der Waals surface area contributed by atoms with E-state index in [2.05, 4.69) is 21.4 Å². The Labute approximate surface area is 176 Å². The van der Waals surface area contributed by atoms with Crippen molar-refractivity contribution in [2.24, 2.45) is 0 Å². The smallest absolute Gasteiger partial charge is 0.236 e. The van der Waals surface area contributed by atoms with Gasteiger partial charge < -0.3 is 10.3 Å². The maximum Gasteiger partial charge on any atom is 0.236 e. The van der Waals surface area contributed by atoms with Gasteiger partial charge in [0.15, 0.2) is 5.16 Å². The highest BCUT2D eigenvalue weighted by atomic mass is 32.2. The molecule has 0 bridgehead atoms. The number of hydrogen-bond acceptors (Lipinski definition) is 4. The fourth-order valence-electron chi connectivity index (χ4n) is 3.27. The normalized spacial score (nSPS) is 10.9. The van der Waals surface area contributed by atoms with Gasteiger partial charge in [0.1, 0.15) is 17.7 Å². The number of rotatable bonds is 5. The number of benzene rings is 2. The summed E-state index contributed by atoms with van der Waals surface area (Å²) in [5.74, 6) is -0.113. The number of H-pyrrole nitrogens is 1. The molecule has 0 saturated heterocycles. The van der Waals surface area contributed by atoms with Gasteiger partial charge in [0.25, 0.3) is 0 Å². The van der Waals surface area contributed by atoms with Crippen LogP contribution < -0.4 is 5.32 Å². The third-order valence-corrected chi connectivity index (χ3v) is 5.75. The van der Waals surface area contributed by atoms with Crippen LogP contribution >= 0.6 is 11.8 Å². The highest BCUT2D eigenvalue weighted by Crippen LogP contribution is 2.30. The van der Waals surface area contributed by atoms with Gasteiger partial charge in [0, 0.05) is 11.4 Å². The molecule has 6 nitrogen and oxygen atoms in total. The number of carbonyl (C=O) groups is 1. The predicted molar refractivity (Wildman–Crippen MR) is 115 cm³/mol. The first-order chi connectivity index (χ1) is 14.5. The number of thioether (sulfide) groups is 1. The lowest BCUT2D eigenvalue weighted by molar-refractivity contribution is -0.113. The number of carbonyl (C=O) groups excluding carboxylic acids is 1. The van der Waals surface area contributed by atoms with Crippen LogP contribution in [0.5, 0.6) is 0 Å². The average Bonchev–Trinajstić information content (AvgIpc) is 3.26. The molecule has 0 saturated carbocycles. The summed E-state index contributed by atoms with van der Waals surface area (Å²) >= 11 is 1.28. The summed E-state index contributed by atoms with van der Waals surface area (Å²) in [7, 11) is 0. The average molecular weight is 419 g/mol. The Morgan fingerprint density at radius 3 is 2.67 bits per heavy atom. The number of halogens is 1. The van der Waals surface area contributed by atoms with Crippen LogP contribution in [0.4, 0.5) is 10.2 Å². The van der Waals surface area contributed by atoms with Gasteiger partial charge in [0.05, 0.1) is 22.3 Å². The number of amides is 1. The van der Waals surface area contributed by atoms with E-state index in [-0.39, 0.29) is 17.5 Å². The molecule has 2 aromatic carbocycles. The maximum atomic E-state index is 13.4. The molecule has 2 aromatic heterocycles. The van der Waals surface area contributed by atoms with Crippen LogP contribution in [0.1, 0.15) is 16.8 Å². The van der Waals surface area contributed by atoms with Crippen LogP contribution in [0.2, 0.25) is 0 Å². The number of aromatic nitrogens is 3. The Balaban J connectivity index is 1.58. The summed E-state index contributed by atoms with van der Waals surface area (Å²) < 4.78 is 15.1. The summed E-state index contributed by atoms with van der Waals surface area (Å²) in [4.78, 5) is 20.3. The van der Waals surface area contributed by atoms with Gasteiger partial charge in [-0.05, 0) is 55.8 Å². The Kier molecular flexibility index (Phi) is 5.29. The number of fused-ring (bicyclic) bond motifs is 1. The Morgan fingerprint density at radius 1 is 1.23 bits per heavy atom. The first-order valence-electron chi connectivity index (χ1n) is 9.23. The van der Waals surface area contributed by atoms with Crippen molar-refractivity contribution in [3.63, 3.8) is 0 Å². The monoisotopic (exact) mass is 419 g/mol. The van der Waals surface area contributed by atoms with Crippen LogP contribution in [-0.4, -0.2) is 26.2 Å². The minimum Gasteiger partial charge on any atom is -0.333 e. The fraction of sp³-hybridized carbons (Fsp3) is 0.136. The quantitative estimate of drug-likeness (QED) is 0.459. The molecule has 8 heteroatoms. The van der Waals surface area contributed by atoms with Gasteiger partial charge in [0.2, 0.25) is 5.91 Å². The van der Waals surface area contributed by atoms with Gasteiger partial charge in [-0.2, -0.15) is 5.26 Å². The van der Waals surface area contributed by atoms with E-state index in [0.29, 0.717) is 22.2 Å². The molecule has 0 fully saturated rings. The lowest BCUT2D eigenvalue weighted by atomic mass is 10.2. The van der Waals surface area contributed by atoms with E-state index in [1.807, 2.05) is 38.1 Å². The summed E-state index contributed by atoms with van der Waals surface area (Å²) in [6.07, 6.45) is 0. The standard InChI is InChI=1S/C22H18FN5OS/c1-13-14(2)28(16-9-7-15(23)8-10-16)21(17(13)11-24)27-20(29)12-30-22-25-18-5-3-4-6-19(18)26-22/h3-10H,12H2,1-2H3,(H,25,26)(H,27,29). The number of nitrogens with one attached hydrogen (secondary N) is 2. The van der Waals surface area contributed by atoms with Crippen molar-refractivity contribution in [3.05, 3.63) is 71.2 Å². The maximum absolute atomic E-state index is 13.4. The van der Waals surface area contributed by atoms with Gasteiger partial charge in [-0.3, -0.25) is 9.36 Å². The summed E-state index contributed by atoms with van der Waals surface area (Å²) in [5.41, 5.74) is 4.37. The van der Waals surface area contributed by atoms with E-state index in [1.165, 1.54) is 23.9 Å². The molecular weight excluding hydrogens is 401 g/mol. The summed E-state index contributed by atoms with van der Waals surface area (Å²) in [6.45, 7) is 3.69. The van der Waals surface area contributed by atoms with Crippen LogP contribution in [0, 0.1) is 31.0 Å². The first-order valence-corrected chi connectivity index (χ1v) is 10.2. The van der Waals surface area contributed by atoms with E-state index >= 15 is 0 Å².